The van der Waals surface area contributed by atoms with Crippen molar-refractivity contribution in [1.29, 1.82) is 0 Å². The Balaban J connectivity index is 1.84. The van der Waals surface area contributed by atoms with Gasteiger partial charge in [-0.2, -0.15) is 0 Å². The molecule has 0 bridgehead atoms. The fourth-order valence-corrected chi connectivity index (χ4v) is 3.58. The lowest BCUT2D eigenvalue weighted by Crippen LogP contribution is -2.50. The SMILES string of the molecule is COc1ccc2c(c1)C(CO)(NCC1CCCO1)CCC2. The van der Waals surface area contributed by atoms with E-state index in [4.69, 9.17) is 9.47 Å². The molecule has 2 aliphatic rings. The van der Waals surface area contributed by atoms with E-state index in [2.05, 4.69) is 17.4 Å². The van der Waals surface area contributed by atoms with Gasteiger partial charge in [0.15, 0.2) is 0 Å². The van der Waals surface area contributed by atoms with Gasteiger partial charge in [0.05, 0.1) is 25.4 Å². The lowest BCUT2D eigenvalue weighted by molar-refractivity contribution is 0.0814. The highest BCUT2D eigenvalue weighted by molar-refractivity contribution is 5.42. The Morgan fingerprint density at radius 2 is 2.33 bits per heavy atom. The molecule has 1 aromatic rings. The average Bonchev–Trinajstić information content (AvgIpc) is 3.06. The van der Waals surface area contributed by atoms with Crippen LogP contribution in [0.15, 0.2) is 18.2 Å². The molecule has 0 radical (unpaired) electrons. The summed E-state index contributed by atoms with van der Waals surface area (Å²) < 4.78 is 11.1. The second kappa shape index (κ2) is 6.34. The molecule has 2 unspecified atom stereocenters. The van der Waals surface area contributed by atoms with Gasteiger partial charge in [0.2, 0.25) is 0 Å². The van der Waals surface area contributed by atoms with E-state index in [0.717, 1.165) is 51.0 Å². The predicted octanol–water partition coefficient (Wildman–Crippen LogP) is 1.99. The first-order chi connectivity index (χ1) is 10.3. The van der Waals surface area contributed by atoms with Gasteiger partial charge in [-0.15, -0.1) is 0 Å². The lowest BCUT2D eigenvalue weighted by Gasteiger charge is -2.39. The lowest BCUT2D eigenvalue weighted by atomic mass is 9.76. The van der Waals surface area contributed by atoms with Crippen molar-refractivity contribution < 1.29 is 14.6 Å². The molecule has 1 heterocycles. The highest BCUT2D eigenvalue weighted by Gasteiger charge is 2.36. The van der Waals surface area contributed by atoms with Crippen LogP contribution in [0.2, 0.25) is 0 Å². The van der Waals surface area contributed by atoms with E-state index in [-0.39, 0.29) is 18.2 Å². The van der Waals surface area contributed by atoms with E-state index < -0.39 is 0 Å². The summed E-state index contributed by atoms with van der Waals surface area (Å²) in [4.78, 5) is 0. The fourth-order valence-electron chi connectivity index (χ4n) is 3.58. The van der Waals surface area contributed by atoms with Crippen LogP contribution in [0.5, 0.6) is 5.75 Å². The number of methoxy groups -OCH3 is 1. The molecule has 0 amide bonds. The summed E-state index contributed by atoms with van der Waals surface area (Å²) >= 11 is 0. The van der Waals surface area contributed by atoms with Crippen molar-refractivity contribution in [2.45, 2.75) is 43.7 Å². The average molecular weight is 291 g/mol. The van der Waals surface area contributed by atoms with E-state index in [1.807, 2.05) is 6.07 Å². The summed E-state index contributed by atoms with van der Waals surface area (Å²) in [6.45, 7) is 1.78. The van der Waals surface area contributed by atoms with Crippen molar-refractivity contribution in [1.82, 2.24) is 5.32 Å². The highest BCUT2D eigenvalue weighted by atomic mass is 16.5. The normalized spacial score (nSPS) is 28.4. The Labute approximate surface area is 126 Å². The topological polar surface area (TPSA) is 50.7 Å². The molecule has 0 aromatic heterocycles. The molecular formula is C17H25NO3. The van der Waals surface area contributed by atoms with Crippen LogP contribution in [-0.4, -0.2) is 38.1 Å². The first-order valence-corrected chi connectivity index (χ1v) is 7.92. The number of ether oxygens (including phenoxy) is 2. The highest BCUT2D eigenvalue weighted by Crippen LogP contribution is 2.37. The molecule has 0 spiro atoms. The Morgan fingerprint density at radius 1 is 1.43 bits per heavy atom. The van der Waals surface area contributed by atoms with E-state index in [1.54, 1.807) is 7.11 Å². The number of fused-ring (bicyclic) bond motifs is 1. The third kappa shape index (κ3) is 2.93. The van der Waals surface area contributed by atoms with Crippen molar-refractivity contribution in [3.8, 4) is 5.75 Å². The standard InChI is InChI=1S/C17H25NO3/c1-20-14-7-6-13-4-2-8-17(12-19,16(13)10-14)18-11-15-5-3-9-21-15/h6-7,10,15,18-19H,2-5,8-9,11-12H2,1H3. The van der Waals surface area contributed by atoms with E-state index in [1.165, 1.54) is 11.1 Å². The molecular weight excluding hydrogens is 266 g/mol. The summed E-state index contributed by atoms with van der Waals surface area (Å²) in [7, 11) is 1.69. The second-order valence-electron chi connectivity index (χ2n) is 6.13. The van der Waals surface area contributed by atoms with Gasteiger partial charge in [-0.3, -0.25) is 0 Å². The maximum atomic E-state index is 10.1. The number of aliphatic hydroxyl groups excluding tert-OH is 1. The number of nitrogens with one attached hydrogen (secondary N) is 1. The first-order valence-electron chi connectivity index (χ1n) is 7.92. The Hall–Kier alpha value is -1.10. The van der Waals surface area contributed by atoms with Crippen molar-refractivity contribution in [2.24, 2.45) is 0 Å². The van der Waals surface area contributed by atoms with Crippen LogP contribution in [-0.2, 0) is 16.7 Å². The Kier molecular flexibility index (Phi) is 4.48. The van der Waals surface area contributed by atoms with Crippen LogP contribution < -0.4 is 10.1 Å². The van der Waals surface area contributed by atoms with Crippen molar-refractivity contribution in [2.75, 3.05) is 26.9 Å². The third-order valence-electron chi connectivity index (χ3n) is 4.84. The summed E-state index contributed by atoms with van der Waals surface area (Å²) in [6, 6.07) is 6.21. The zero-order chi connectivity index (χ0) is 14.7. The van der Waals surface area contributed by atoms with Crippen LogP contribution in [0.1, 0.15) is 36.8 Å². The Morgan fingerprint density at radius 3 is 3.05 bits per heavy atom. The van der Waals surface area contributed by atoms with Crippen LogP contribution >= 0.6 is 0 Å². The van der Waals surface area contributed by atoms with Gasteiger partial charge >= 0.3 is 0 Å². The summed E-state index contributed by atoms with van der Waals surface area (Å²) in [6.07, 6.45) is 5.66. The molecule has 1 aliphatic carbocycles. The van der Waals surface area contributed by atoms with E-state index >= 15 is 0 Å². The van der Waals surface area contributed by atoms with Crippen molar-refractivity contribution >= 4 is 0 Å². The van der Waals surface area contributed by atoms with Gasteiger partial charge in [0, 0.05) is 13.2 Å². The maximum absolute atomic E-state index is 10.1. The molecule has 116 valence electrons. The maximum Gasteiger partial charge on any atom is 0.119 e. The minimum atomic E-state index is -0.353. The van der Waals surface area contributed by atoms with Gasteiger partial charge in [-0.25, -0.2) is 0 Å². The van der Waals surface area contributed by atoms with Crippen LogP contribution in [0, 0.1) is 0 Å². The zero-order valence-electron chi connectivity index (χ0n) is 12.7. The molecule has 1 aliphatic heterocycles. The van der Waals surface area contributed by atoms with E-state index in [9.17, 15) is 5.11 Å². The third-order valence-corrected chi connectivity index (χ3v) is 4.84. The molecule has 4 nitrogen and oxygen atoms in total. The van der Waals surface area contributed by atoms with Crippen LogP contribution in [0.3, 0.4) is 0 Å². The number of hydrogen-bond acceptors (Lipinski definition) is 4. The van der Waals surface area contributed by atoms with E-state index in [0.29, 0.717) is 0 Å². The quantitative estimate of drug-likeness (QED) is 0.871. The number of benzene rings is 1. The van der Waals surface area contributed by atoms with Crippen molar-refractivity contribution in [3.05, 3.63) is 29.3 Å². The molecule has 3 rings (SSSR count). The van der Waals surface area contributed by atoms with Gasteiger partial charge < -0.3 is 19.9 Å². The molecule has 1 fully saturated rings. The minimum absolute atomic E-state index is 0.111. The number of rotatable bonds is 5. The van der Waals surface area contributed by atoms with Gasteiger partial charge in [0.1, 0.15) is 5.75 Å². The van der Waals surface area contributed by atoms with Crippen molar-refractivity contribution in [3.63, 3.8) is 0 Å². The molecule has 2 N–H and O–H groups in total. The smallest absolute Gasteiger partial charge is 0.119 e. The predicted molar refractivity (Wildman–Crippen MR) is 81.7 cm³/mol. The molecule has 21 heavy (non-hydrogen) atoms. The first kappa shape index (κ1) is 14.8. The Bertz CT molecular complexity index is 485. The summed E-state index contributed by atoms with van der Waals surface area (Å²) in [5.41, 5.74) is 2.15. The van der Waals surface area contributed by atoms with Gasteiger partial charge in [-0.05, 0) is 55.4 Å². The molecule has 0 saturated carbocycles. The monoisotopic (exact) mass is 291 g/mol. The number of hydrogen-bond donors (Lipinski definition) is 2. The summed E-state index contributed by atoms with van der Waals surface area (Å²) in [5, 5.41) is 13.7. The molecule has 4 heteroatoms. The molecule has 1 saturated heterocycles. The fraction of sp³-hybridized carbons (Fsp3) is 0.647. The van der Waals surface area contributed by atoms with Crippen LogP contribution in [0.25, 0.3) is 0 Å². The number of aliphatic hydroxyl groups is 1. The number of aryl methyl sites for hydroxylation is 1. The molecule has 1 aromatic carbocycles. The summed E-state index contributed by atoms with van der Waals surface area (Å²) in [5.74, 6) is 0.854. The second-order valence-corrected chi connectivity index (χ2v) is 6.13. The zero-order valence-corrected chi connectivity index (χ0v) is 12.7. The van der Waals surface area contributed by atoms with Gasteiger partial charge in [0.25, 0.3) is 0 Å². The largest absolute Gasteiger partial charge is 0.497 e. The minimum Gasteiger partial charge on any atom is -0.497 e. The molecule has 2 atom stereocenters. The van der Waals surface area contributed by atoms with Crippen LogP contribution in [0.4, 0.5) is 0 Å². The van der Waals surface area contributed by atoms with Gasteiger partial charge in [-0.1, -0.05) is 6.07 Å².